The highest BCUT2D eigenvalue weighted by molar-refractivity contribution is 7.21. The number of thiophene rings is 1. The van der Waals surface area contributed by atoms with Crippen LogP contribution in [0.2, 0.25) is 0 Å². The van der Waals surface area contributed by atoms with E-state index in [4.69, 9.17) is 5.73 Å². The Morgan fingerprint density at radius 3 is 2.86 bits per heavy atom. The Kier molecular flexibility index (Phi) is 3.31. The highest BCUT2D eigenvalue weighted by Gasteiger charge is 2.18. The highest BCUT2D eigenvalue weighted by atomic mass is 32.1. The number of aromatic nitrogens is 2. The third-order valence-corrected chi connectivity index (χ3v) is 4.29. The number of hydrogen-bond acceptors (Lipinski definition) is 5. The number of rotatable bonds is 2. The Morgan fingerprint density at radius 1 is 1.29 bits per heavy atom. The van der Waals surface area contributed by atoms with Crippen LogP contribution < -0.4 is 11.1 Å². The van der Waals surface area contributed by atoms with Gasteiger partial charge in [0.15, 0.2) is 0 Å². The molecule has 0 bridgehead atoms. The molecule has 6 heteroatoms. The molecule has 106 valence electrons. The Labute approximate surface area is 125 Å². The summed E-state index contributed by atoms with van der Waals surface area (Å²) in [4.78, 5) is 22.2. The predicted octanol–water partition coefficient (Wildman–Crippen LogP) is 3.14. The zero-order valence-corrected chi connectivity index (χ0v) is 12.5. The molecule has 21 heavy (non-hydrogen) atoms. The number of carbonyl (C=O) groups excluding carboxylic acids is 1. The molecule has 3 N–H and O–H groups in total. The van der Waals surface area contributed by atoms with Crippen molar-refractivity contribution in [2.75, 3.05) is 11.1 Å². The average Bonchev–Trinajstić information content (AvgIpc) is 2.78. The number of fused-ring (bicyclic) bond motifs is 1. The monoisotopic (exact) mass is 298 g/mol. The molecule has 0 aliphatic heterocycles. The Bertz CT molecular complexity index is 841. The molecule has 1 amide bonds. The summed E-state index contributed by atoms with van der Waals surface area (Å²) in [5, 5.41) is 3.61. The second-order valence-corrected chi connectivity index (χ2v) is 5.77. The van der Waals surface area contributed by atoms with Crippen LogP contribution in [0, 0.1) is 13.8 Å². The summed E-state index contributed by atoms with van der Waals surface area (Å²) in [6.45, 7) is 3.80. The number of nitrogens with one attached hydrogen (secondary N) is 1. The summed E-state index contributed by atoms with van der Waals surface area (Å²) in [5.74, 6) is 0.290. The lowest BCUT2D eigenvalue weighted by Crippen LogP contribution is -2.13. The van der Waals surface area contributed by atoms with Crippen molar-refractivity contribution in [3.05, 3.63) is 46.6 Å². The van der Waals surface area contributed by atoms with E-state index < -0.39 is 0 Å². The van der Waals surface area contributed by atoms with Crippen molar-refractivity contribution in [3.8, 4) is 0 Å². The normalized spacial score (nSPS) is 10.8. The molecule has 3 heterocycles. The van der Waals surface area contributed by atoms with Crippen LogP contribution in [0.25, 0.3) is 10.2 Å². The second-order valence-electron chi connectivity index (χ2n) is 4.77. The smallest absolute Gasteiger partial charge is 0.269 e. The maximum atomic E-state index is 12.4. The molecular formula is C15H14N4OS. The molecule has 0 aliphatic rings. The van der Waals surface area contributed by atoms with Gasteiger partial charge in [0.1, 0.15) is 15.5 Å². The van der Waals surface area contributed by atoms with Crippen LogP contribution in [0.3, 0.4) is 0 Å². The van der Waals surface area contributed by atoms with E-state index in [1.165, 1.54) is 11.3 Å². The lowest BCUT2D eigenvalue weighted by Gasteiger charge is -2.05. The molecule has 3 aromatic heterocycles. The predicted molar refractivity (Wildman–Crippen MR) is 85.7 cm³/mol. The standard InChI is InChI=1S/C15H14N4OS/c1-8-4-3-7-17-13(8)19-14(20)12-11(16)10-6-5-9(2)18-15(10)21-12/h3-7H,16H2,1-2H3,(H,17,19,20). The van der Waals surface area contributed by atoms with Crippen LogP contribution in [-0.4, -0.2) is 15.9 Å². The third kappa shape index (κ3) is 2.45. The van der Waals surface area contributed by atoms with Gasteiger partial charge in [-0.15, -0.1) is 11.3 Å². The van der Waals surface area contributed by atoms with Gasteiger partial charge in [-0.1, -0.05) is 6.07 Å². The number of pyridine rings is 2. The summed E-state index contributed by atoms with van der Waals surface area (Å²) in [6, 6.07) is 7.50. The number of nitrogen functional groups attached to an aromatic ring is 1. The first-order chi connectivity index (χ1) is 10.1. The van der Waals surface area contributed by atoms with Crippen molar-refractivity contribution in [1.82, 2.24) is 9.97 Å². The van der Waals surface area contributed by atoms with Crippen LogP contribution in [0.15, 0.2) is 30.5 Å². The lowest BCUT2D eigenvalue weighted by molar-refractivity contribution is 0.103. The molecule has 0 radical (unpaired) electrons. The van der Waals surface area contributed by atoms with E-state index in [1.54, 1.807) is 6.20 Å². The minimum Gasteiger partial charge on any atom is -0.397 e. The number of anilines is 2. The van der Waals surface area contributed by atoms with Crippen molar-refractivity contribution in [3.63, 3.8) is 0 Å². The van der Waals surface area contributed by atoms with Crippen LogP contribution in [0.4, 0.5) is 11.5 Å². The van der Waals surface area contributed by atoms with Crippen LogP contribution in [0.1, 0.15) is 20.9 Å². The molecule has 0 fully saturated rings. The highest BCUT2D eigenvalue weighted by Crippen LogP contribution is 2.33. The average molecular weight is 298 g/mol. The first-order valence-corrected chi connectivity index (χ1v) is 7.26. The summed E-state index contributed by atoms with van der Waals surface area (Å²) in [7, 11) is 0. The SMILES string of the molecule is Cc1ccc2c(N)c(C(=O)Nc3ncccc3C)sc2n1. The number of nitrogens with zero attached hydrogens (tertiary/aromatic N) is 2. The molecule has 0 saturated heterocycles. The molecule has 0 aromatic carbocycles. The van der Waals surface area contributed by atoms with Gasteiger partial charge >= 0.3 is 0 Å². The van der Waals surface area contributed by atoms with E-state index in [2.05, 4.69) is 15.3 Å². The Hall–Kier alpha value is -2.47. The van der Waals surface area contributed by atoms with E-state index in [1.807, 2.05) is 38.1 Å². The zero-order chi connectivity index (χ0) is 15.0. The van der Waals surface area contributed by atoms with E-state index in [9.17, 15) is 4.79 Å². The van der Waals surface area contributed by atoms with Crippen LogP contribution in [-0.2, 0) is 0 Å². The maximum Gasteiger partial charge on any atom is 0.269 e. The molecular weight excluding hydrogens is 284 g/mol. The quantitative estimate of drug-likeness (QED) is 0.761. The van der Waals surface area contributed by atoms with Gasteiger partial charge in [0.2, 0.25) is 0 Å². The van der Waals surface area contributed by atoms with Gasteiger partial charge in [0.25, 0.3) is 5.91 Å². The Morgan fingerprint density at radius 2 is 2.10 bits per heavy atom. The van der Waals surface area contributed by atoms with Crippen molar-refractivity contribution in [2.24, 2.45) is 0 Å². The molecule has 0 spiro atoms. The molecule has 3 aromatic rings. The van der Waals surface area contributed by atoms with Gasteiger partial charge in [-0.3, -0.25) is 4.79 Å². The summed E-state index contributed by atoms with van der Waals surface area (Å²) in [6.07, 6.45) is 1.64. The van der Waals surface area contributed by atoms with Crippen molar-refractivity contribution in [2.45, 2.75) is 13.8 Å². The van der Waals surface area contributed by atoms with Crippen LogP contribution >= 0.6 is 11.3 Å². The molecule has 0 atom stereocenters. The zero-order valence-electron chi connectivity index (χ0n) is 11.7. The largest absolute Gasteiger partial charge is 0.397 e. The third-order valence-electron chi connectivity index (χ3n) is 3.18. The summed E-state index contributed by atoms with van der Waals surface area (Å²) in [5.41, 5.74) is 8.34. The molecule has 3 rings (SSSR count). The first-order valence-electron chi connectivity index (χ1n) is 6.45. The fourth-order valence-corrected chi connectivity index (χ4v) is 3.07. The van der Waals surface area contributed by atoms with Gasteiger partial charge < -0.3 is 11.1 Å². The van der Waals surface area contributed by atoms with Gasteiger partial charge in [0.05, 0.1) is 5.69 Å². The van der Waals surface area contributed by atoms with Gasteiger partial charge in [0, 0.05) is 17.3 Å². The first kappa shape index (κ1) is 13.5. The molecule has 0 aliphatic carbocycles. The van der Waals surface area contributed by atoms with E-state index in [0.29, 0.717) is 16.4 Å². The van der Waals surface area contributed by atoms with E-state index in [-0.39, 0.29) is 5.91 Å². The maximum absolute atomic E-state index is 12.4. The van der Waals surface area contributed by atoms with Gasteiger partial charge in [-0.2, -0.15) is 0 Å². The Balaban J connectivity index is 1.98. The number of nitrogens with two attached hydrogens (primary N) is 1. The second kappa shape index (κ2) is 5.14. The van der Waals surface area contributed by atoms with E-state index in [0.717, 1.165) is 21.5 Å². The van der Waals surface area contributed by atoms with Crippen molar-refractivity contribution >= 4 is 39.0 Å². The van der Waals surface area contributed by atoms with Gasteiger partial charge in [-0.05, 0) is 37.6 Å². The molecule has 5 nitrogen and oxygen atoms in total. The fraction of sp³-hybridized carbons (Fsp3) is 0.133. The number of hydrogen-bond donors (Lipinski definition) is 2. The number of amides is 1. The minimum atomic E-state index is -0.255. The number of aryl methyl sites for hydroxylation is 2. The summed E-state index contributed by atoms with van der Waals surface area (Å²) < 4.78 is 0. The molecule has 0 saturated carbocycles. The van der Waals surface area contributed by atoms with E-state index >= 15 is 0 Å². The topological polar surface area (TPSA) is 80.9 Å². The summed E-state index contributed by atoms with van der Waals surface area (Å²) >= 11 is 1.30. The van der Waals surface area contributed by atoms with Crippen molar-refractivity contribution < 1.29 is 4.79 Å². The number of carbonyl (C=O) groups is 1. The van der Waals surface area contributed by atoms with Crippen molar-refractivity contribution in [1.29, 1.82) is 0 Å². The minimum absolute atomic E-state index is 0.255. The van der Waals surface area contributed by atoms with Gasteiger partial charge in [-0.25, -0.2) is 9.97 Å². The lowest BCUT2D eigenvalue weighted by atomic mass is 10.2. The van der Waals surface area contributed by atoms with Crippen LogP contribution in [0.5, 0.6) is 0 Å². The fourth-order valence-electron chi connectivity index (χ4n) is 2.04. The molecule has 0 unspecified atom stereocenters.